The van der Waals surface area contributed by atoms with Gasteiger partial charge in [0.1, 0.15) is 11.3 Å². The van der Waals surface area contributed by atoms with Crippen LogP contribution in [-0.4, -0.2) is 33.4 Å². The number of hydrogen-bond donors (Lipinski definition) is 0. The zero-order valence-corrected chi connectivity index (χ0v) is 18.5. The number of likely N-dealkylation sites (tertiary alicyclic amines) is 1. The number of carbonyl (C=O) groups is 1. The Morgan fingerprint density at radius 1 is 1.16 bits per heavy atom. The van der Waals surface area contributed by atoms with Crippen molar-refractivity contribution in [1.82, 2.24) is 14.5 Å². The molecule has 164 valence electrons. The SMILES string of the molecule is Cc1cc(C=CC(=O)N2CCC(c3nc4ccccc4o3)CC2)c(C)n1Cc1ccco1. The lowest BCUT2D eigenvalue weighted by Crippen LogP contribution is -2.36. The smallest absolute Gasteiger partial charge is 0.246 e. The average Bonchev–Trinajstić information content (AvgIpc) is 3.54. The van der Waals surface area contributed by atoms with Gasteiger partial charge in [0.15, 0.2) is 11.5 Å². The highest BCUT2D eigenvalue weighted by atomic mass is 16.3. The molecule has 0 atom stereocenters. The van der Waals surface area contributed by atoms with Gasteiger partial charge in [-0.3, -0.25) is 4.79 Å². The summed E-state index contributed by atoms with van der Waals surface area (Å²) in [4.78, 5) is 19.3. The molecule has 32 heavy (non-hydrogen) atoms. The van der Waals surface area contributed by atoms with Gasteiger partial charge in [-0.2, -0.15) is 0 Å². The van der Waals surface area contributed by atoms with Gasteiger partial charge in [-0.1, -0.05) is 12.1 Å². The number of fused-ring (bicyclic) bond motifs is 1. The molecule has 1 aromatic carbocycles. The van der Waals surface area contributed by atoms with Gasteiger partial charge in [-0.25, -0.2) is 4.98 Å². The molecule has 1 saturated heterocycles. The monoisotopic (exact) mass is 429 g/mol. The first-order valence-electron chi connectivity index (χ1n) is 11.1. The van der Waals surface area contributed by atoms with Gasteiger partial charge in [0, 0.05) is 36.5 Å². The van der Waals surface area contributed by atoms with Crippen molar-refractivity contribution in [3.8, 4) is 0 Å². The Morgan fingerprint density at radius 2 is 1.97 bits per heavy atom. The number of aryl methyl sites for hydroxylation is 1. The lowest BCUT2D eigenvalue weighted by molar-refractivity contribution is -0.127. The summed E-state index contributed by atoms with van der Waals surface area (Å²) in [7, 11) is 0. The molecular formula is C26H27N3O3. The molecule has 4 heterocycles. The van der Waals surface area contributed by atoms with Gasteiger partial charge in [-0.05, 0) is 68.7 Å². The second-order valence-electron chi connectivity index (χ2n) is 8.44. The summed E-state index contributed by atoms with van der Waals surface area (Å²) >= 11 is 0. The summed E-state index contributed by atoms with van der Waals surface area (Å²) in [6.45, 7) is 6.27. The zero-order chi connectivity index (χ0) is 22.1. The second kappa shape index (κ2) is 8.54. The standard InChI is InChI=1S/C26H27N3O3/c1-18-16-21(19(2)29(18)17-22-6-5-15-31-22)9-10-25(30)28-13-11-20(12-14-28)26-27-23-7-3-4-8-24(23)32-26/h3-10,15-16,20H,11-14,17H2,1-2H3. The fraction of sp³-hybridized carbons (Fsp3) is 0.308. The molecule has 5 rings (SSSR count). The number of hydrogen-bond acceptors (Lipinski definition) is 4. The minimum atomic E-state index is 0.0526. The van der Waals surface area contributed by atoms with Crippen LogP contribution in [0.1, 0.15) is 47.4 Å². The summed E-state index contributed by atoms with van der Waals surface area (Å²) in [5.41, 5.74) is 5.05. The second-order valence-corrected chi connectivity index (χ2v) is 8.44. The predicted octanol–water partition coefficient (Wildman–Crippen LogP) is 5.31. The van der Waals surface area contributed by atoms with Crippen LogP contribution < -0.4 is 0 Å². The minimum Gasteiger partial charge on any atom is -0.467 e. The summed E-state index contributed by atoms with van der Waals surface area (Å²) in [6.07, 6.45) is 7.04. The molecule has 0 unspecified atom stereocenters. The zero-order valence-electron chi connectivity index (χ0n) is 18.5. The maximum atomic E-state index is 12.8. The van der Waals surface area contributed by atoms with Crippen LogP contribution in [0.3, 0.4) is 0 Å². The molecule has 1 aliphatic rings. The molecule has 4 aromatic rings. The minimum absolute atomic E-state index is 0.0526. The van der Waals surface area contributed by atoms with E-state index in [0.29, 0.717) is 19.6 Å². The Bertz CT molecular complexity index is 1220. The molecule has 6 nitrogen and oxygen atoms in total. The predicted molar refractivity (Wildman–Crippen MR) is 123 cm³/mol. The lowest BCUT2D eigenvalue weighted by Gasteiger charge is -2.29. The van der Waals surface area contributed by atoms with Gasteiger partial charge in [0.25, 0.3) is 0 Å². The highest BCUT2D eigenvalue weighted by Crippen LogP contribution is 2.30. The highest BCUT2D eigenvalue weighted by Gasteiger charge is 2.26. The number of furan rings is 1. The molecule has 6 heteroatoms. The molecule has 1 amide bonds. The van der Waals surface area contributed by atoms with Crippen molar-refractivity contribution >= 4 is 23.1 Å². The van der Waals surface area contributed by atoms with Crippen LogP contribution in [0.2, 0.25) is 0 Å². The Hall–Kier alpha value is -3.54. The maximum Gasteiger partial charge on any atom is 0.246 e. The van der Waals surface area contributed by atoms with E-state index >= 15 is 0 Å². The van der Waals surface area contributed by atoms with Crippen molar-refractivity contribution < 1.29 is 13.6 Å². The Kier molecular flexibility index (Phi) is 5.43. The number of rotatable bonds is 5. The van der Waals surface area contributed by atoms with E-state index in [2.05, 4.69) is 29.5 Å². The highest BCUT2D eigenvalue weighted by molar-refractivity contribution is 5.92. The van der Waals surface area contributed by atoms with Crippen LogP contribution in [0.4, 0.5) is 0 Å². The average molecular weight is 430 g/mol. The molecule has 0 spiro atoms. The first-order valence-corrected chi connectivity index (χ1v) is 11.1. The fourth-order valence-electron chi connectivity index (χ4n) is 4.48. The van der Waals surface area contributed by atoms with Crippen molar-refractivity contribution in [2.75, 3.05) is 13.1 Å². The summed E-state index contributed by atoms with van der Waals surface area (Å²) in [5.74, 6) is 2.02. The van der Waals surface area contributed by atoms with E-state index in [1.54, 1.807) is 12.3 Å². The first-order chi connectivity index (χ1) is 15.6. The van der Waals surface area contributed by atoms with Gasteiger partial charge in [-0.15, -0.1) is 0 Å². The summed E-state index contributed by atoms with van der Waals surface area (Å²) < 4.78 is 13.6. The van der Waals surface area contributed by atoms with E-state index in [4.69, 9.17) is 8.83 Å². The van der Waals surface area contributed by atoms with E-state index in [1.165, 1.54) is 0 Å². The van der Waals surface area contributed by atoms with Crippen LogP contribution in [0.25, 0.3) is 17.2 Å². The number of oxazole rings is 1. The Morgan fingerprint density at radius 3 is 2.72 bits per heavy atom. The molecule has 3 aromatic heterocycles. The topological polar surface area (TPSA) is 64.4 Å². The molecular weight excluding hydrogens is 402 g/mol. The van der Waals surface area contributed by atoms with Crippen molar-refractivity contribution in [2.24, 2.45) is 0 Å². The van der Waals surface area contributed by atoms with E-state index in [0.717, 1.165) is 52.5 Å². The molecule has 1 fully saturated rings. The van der Waals surface area contributed by atoms with E-state index in [1.807, 2.05) is 47.4 Å². The number of piperidine rings is 1. The quantitative estimate of drug-likeness (QED) is 0.404. The number of amides is 1. The van der Waals surface area contributed by atoms with E-state index < -0.39 is 0 Å². The molecule has 0 N–H and O–H groups in total. The number of para-hydroxylation sites is 2. The van der Waals surface area contributed by atoms with E-state index in [-0.39, 0.29) is 11.8 Å². The van der Waals surface area contributed by atoms with Gasteiger partial charge >= 0.3 is 0 Å². The third-order valence-electron chi connectivity index (χ3n) is 6.38. The molecule has 1 aliphatic heterocycles. The normalized spacial score (nSPS) is 15.2. The van der Waals surface area contributed by atoms with E-state index in [9.17, 15) is 4.79 Å². The Balaban J connectivity index is 1.21. The van der Waals surface area contributed by atoms with Crippen LogP contribution in [0.5, 0.6) is 0 Å². The molecule has 0 aliphatic carbocycles. The van der Waals surface area contributed by atoms with Crippen LogP contribution in [0, 0.1) is 13.8 Å². The van der Waals surface area contributed by atoms with Gasteiger partial charge in [0.2, 0.25) is 5.91 Å². The summed E-state index contributed by atoms with van der Waals surface area (Å²) in [5, 5.41) is 0. The van der Waals surface area contributed by atoms with Gasteiger partial charge < -0.3 is 18.3 Å². The molecule has 0 bridgehead atoms. The Labute approximate surface area is 187 Å². The lowest BCUT2D eigenvalue weighted by atomic mass is 9.96. The van der Waals surface area contributed by atoms with Gasteiger partial charge in [0.05, 0.1) is 12.8 Å². The number of carbonyl (C=O) groups excluding carboxylic acids is 1. The maximum absolute atomic E-state index is 12.8. The number of benzene rings is 1. The van der Waals surface area contributed by atoms with Crippen molar-refractivity contribution in [3.63, 3.8) is 0 Å². The number of aromatic nitrogens is 2. The van der Waals surface area contributed by atoms with Crippen molar-refractivity contribution in [3.05, 3.63) is 83.4 Å². The van der Waals surface area contributed by atoms with Crippen LogP contribution in [-0.2, 0) is 11.3 Å². The first kappa shape index (κ1) is 20.4. The number of nitrogens with zero attached hydrogens (tertiary/aromatic N) is 3. The fourth-order valence-corrected chi connectivity index (χ4v) is 4.48. The summed E-state index contributed by atoms with van der Waals surface area (Å²) in [6, 6.07) is 13.8. The third-order valence-corrected chi connectivity index (χ3v) is 6.38. The largest absolute Gasteiger partial charge is 0.467 e. The third kappa shape index (κ3) is 4.00. The van der Waals surface area contributed by atoms with Crippen LogP contribution in [0.15, 0.2) is 63.6 Å². The van der Waals surface area contributed by atoms with Crippen molar-refractivity contribution in [2.45, 2.75) is 39.2 Å². The molecule has 0 saturated carbocycles. The van der Waals surface area contributed by atoms with Crippen molar-refractivity contribution in [1.29, 1.82) is 0 Å². The molecule has 0 radical (unpaired) electrons. The van der Waals surface area contributed by atoms with Crippen LogP contribution >= 0.6 is 0 Å².